The average Bonchev–Trinajstić information content (AvgIpc) is 2.30. The fourth-order valence-electron chi connectivity index (χ4n) is 2.12. The second kappa shape index (κ2) is 5.46. The van der Waals surface area contributed by atoms with Crippen LogP contribution in [0.25, 0.3) is 0 Å². The minimum absolute atomic E-state index is 0.313. The van der Waals surface area contributed by atoms with Crippen LogP contribution in [0.3, 0.4) is 0 Å². The number of aromatic nitrogens is 2. The van der Waals surface area contributed by atoms with Crippen molar-refractivity contribution in [1.29, 1.82) is 0 Å². The summed E-state index contributed by atoms with van der Waals surface area (Å²) in [5.74, 6) is 1.16. The zero-order chi connectivity index (χ0) is 11.4. The molecule has 4 nitrogen and oxygen atoms in total. The first kappa shape index (κ1) is 11.6. The van der Waals surface area contributed by atoms with E-state index in [0.717, 1.165) is 13.0 Å². The molecule has 2 rings (SSSR count). The van der Waals surface area contributed by atoms with Crippen LogP contribution in [0.5, 0.6) is 0 Å². The van der Waals surface area contributed by atoms with Crippen LogP contribution >= 0.6 is 11.6 Å². The first-order chi connectivity index (χ1) is 7.75. The molecule has 0 aromatic carbocycles. The Morgan fingerprint density at radius 3 is 2.69 bits per heavy atom. The van der Waals surface area contributed by atoms with Crippen LogP contribution in [-0.2, 0) is 0 Å². The van der Waals surface area contributed by atoms with E-state index in [2.05, 4.69) is 15.3 Å². The Morgan fingerprint density at radius 2 is 2.00 bits per heavy atom. The minimum atomic E-state index is 0.313. The molecule has 1 fully saturated rings. The normalized spacial score (nSPS) is 25.4. The largest absolute Gasteiger partial charge is 0.354 e. The van der Waals surface area contributed by atoms with Gasteiger partial charge in [0, 0.05) is 12.6 Å². The molecule has 1 aromatic rings. The zero-order valence-electron chi connectivity index (χ0n) is 9.19. The van der Waals surface area contributed by atoms with E-state index in [4.69, 9.17) is 17.3 Å². The van der Waals surface area contributed by atoms with E-state index >= 15 is 0 Å². The fraction of sp³-hybridized carbons (Fsp3) is 0.636. The van der Waals surface area contributed by atoms with Crippen molar-refractivity contribution < 1.29 is 0 Å². The van der Waals surface area contributed by atoms with Crippen LogP contribution in [0.1, 0.15) is 25.7 Å². The van der Waals surface area contributed by atoms with Gasteiger partial charge in [0.25, 0.3) is 0 Å². The first-order valence-corrected chi connectivity index (χ1v) is 6.10. The molecule has 1 aliphatic carbocycles. The van der Waals surface area contributed by atoms with E-state index in [1.807, 2.05) is 0 Å². The lowest BCUT2D eigenvalue weighted by molar-refractivity contribution is 0.321. The van der Waals surface area contributed by atoms with E-state index < -0.39 is 0 Å². The molecule has 16 heavy (non-hydrogen) atoms. The summed E-state index contributed by atoms with van der Waals surface area (Å²) in [5, 5.41) is 3.77. The highest BCUT2D eigenvalue weighted by molar-refractivity contribution is 6.30. The summed E-state index contributed by atoms with van der Waals surface area (Å²) >= 11 is 5.71. The minimum Gasteiger partial charge on any atom is -0.354 e. The van der Waals surface area contributed by atoms with Gasteiger partial charge in [0.05, 0.1) is 17.4 Å². The van der Waals surface area contributed by atoms with Gasteiger partial charge in [0.15, 0.2) is 0 Å². The van der Waals surface area contributed by atoms with Gasteiger partial charge >= 0.3 is 0 Å². The number of anilines is 1. The van der Waals surface area contributed by atoms with Crippen LogP contribution in [0.4, 0.5) is 5.95 Å². The predicted molar refractivity (Wildman–Crippen MR) is 65.5 cm³/mol. The van der Waals surface area contributed by atoms with Crippen LogP contribution in [-0.4, -0.2) is 22.6 Å². The van der Waals surface area contributed by atoms with Gasteiger partial charge in [-0.15, -0.1) is 0 Å². The average molecular weight is 241 g/mol. The SMILES string of the molecule is NC1CCCCC1CNc1ncc(Cl)cn1. The Morgan fingerprint density at radius 1 is 1.31 bits per heavy atom. The third-order valence-corrected chi connectivity index (χ3v) is 3.31. The highest BCUT2D eigenvalue weighted by Gasteiger charge is 2.21. The monoisotopic (exact) mass is 240 g/mol. The molecule has 1 aliphatic rings. The summed E-state index contributed by atoms with van der Waals surface area (Å²) in [4.78, 5) is 8.19. The van der Waals surface area contributed by atoms with Gasteiger partial charge < -0.3 is 11.1 Å². The summed E-state index contributed by atoms with van der Waals surface area (Å²) in [6.07, 6.45) is 8.06. The number of hydrogen-bond acceptors (Lipinski definition) is 4. The van der Waals surface area contributed by atoms with Gasteiger partial charge in [-0.2, -0.15) is 0 Å². The number of rotatable bonds is 3. The van der Waals surface area contributed by atoms with Crippen molar-refractivity contribution in [3.8, 4) is 0 Å². The summed E-state index contributed by atoms with van der Waals surface area (Å²) in [6, 6.07) is 0.313. The number of nitrogens with zero attached hydrogens (tertiary/aromatic N) is 2. The van der Waals surface area contributed by atoms with E-state index in [9.17, 15) is 0 Å². The lowest BCUT2D eigenvalue weighted by Gasteiger charge is -2.28. The molecular formula is C11H17ClN4. The van der Waals surface area contributed by atoms with E-state index in [0.29, 0.717) is 22.9 Å². The lowest BCUT2D eigenvalue weighted by Crippen LogP contribution is -2.37. The van der Waals surface area contributed by atoms with Crippen molar-refractivity contribution in [2.75, 3.05) is 11.9 Å². The molecule has 0 aliphatic heterocycles. The van der Waals surface area contributed by atoms with Crippen LogP contribution in [0.15, 0.2) is 12.4 Å². The summed E-state index contributed by atoms with van der Waals surface area (Å²) < 4.78 is 0. The Kier molecular flexibility index (Phi) is 3.96. The summed E-state index contributed by atoms with van der Waals surface area (Å²) in [7, 11) is 0. The van der Waals surface area contributed by atoms with E-state index in [-0.39, 0.29) is 0 Å². The lowest BCUT2D eigenvalue weighted by atomic mass is 9.85. The molecule has 1 saturated carbocycles. The Labute approximate surface area is 101 Å². The third kappa shape index (κ3) is 3.06. The van der Waals surface area contributed by atoms with Crippen molar-refractivity contribution in [3.05, 3.63) is 17.4 Å². The molecule has 0 amide bonds. The van der Waals surface area contributed by atoms with Crippen molar-refractivity contribution in [2.24, 2.45) is 11.7 Å². The standard InChI is InChI=1S/C11H17ClN4/c12-9-6-15-11(16-7-9)14-5-8-3-1-2-4-10(8)13/h6-8,10H,1-5,13H2,(H,14,15,16). The predicted octanol–water partition coefficient (Wildman–Crippen LogP) is 2.06. The molecule has 3 N–H and O–H groups in total. The van der Waals surface area contributed by atoms with Crippen LogP contribution < -0.4 is 11.1 Å². The number of halogens is 1. The Hall–Kier alpha value is -0.870. The molecule has 5 heteroatoms. The van der Waals surface area contributed by atoms with E-state index in [1.165, 1.54) is 19.3 Å². The van der Waals surface area contributed by atoms with Crippen LogP contribution in [0, 0.1) is 5.92 Å². The van der Waals surface area contributed by atoms with Crippen molar-refractivity contribution in [1.82, 2.24) is 9.97 Å². The zero-order valence-corrected chi connectivity index (χ0v) is 9.95. The second-order valence-corrected chi connectivity index (χ2v) is 4.75. The highest BCUT2D eigenvalue weighted by atomic mass is 35.5. The summed E-state index contributed by atoms with van der Waals surface area (Å²) in [5.41, 5.74) is 6.07. The molecule has 1 aromatic heterocycles. The molecule has 0 saturated heterocycles. The second-order valence-electron chi connectivity index (χ2n) is 4.31. The maximum absolute atomic E-state index is 6.07. The number of nitrogens with two attached hydrogens (primary N) is 1. The van der Waals surface area contributed by atoms with Gasteiger partial charge in [-0.05, 0) is 18.8 Å². The van der Waals surface area contributed by atoms with Crippen LogP contribution in [0.2, 0.25) is 5.02 Å². The van der Waals surface area contributed by atoms with Crippen molar-refractivity contribution in [3.63, 3.8) is 0 Å². The van der Waals surface area contributed by atoms with Gasteiger partial charge in [0.1, 0.15) is 0 Å². The molecule has 1 heterocycles. The van der Waals surface area contributed by atoms with Gasteiger partial charge in [0.2, 0.25) is 5.95 Å². The molecule has 0 spiro atoms. The molecule has 88 valence electrons. The maximum atomic E-state index is 6.07. The third-order valence-electron chi connectivity index (χ3n) is 3.11. The molecule has 2 atom stereocenters. The Balaban J connectivity index is 1.84. The first-order valence-electron chi connectivity index (χ1n) is 5.72. The maximum Gasteiger partial charge on any atom is 0.222 e. The topological polar surface area (TPSA) is 63.8 Å². The summed E-state index contributed by atoms with van der Waals surface area (Å²) in [6.45, 7) is 0.850. The molecule has 0 radical (unpaired) electrons. The number of hydrogen-bond donors (Lipinski definition) is 2. The fourth-order valence-corrected chi connectivity index (χ4v) is 2.21. The van der Waals surface area contributed by atoms with E-state index in [1.54, 1.807) is 12.4 Å². The Bertz CT molecular complexity index is 327. The smallest absolute Gasteiger partial charge is 0.222 e. The molecule has 0 bridgehead atoms. The molecular weight excluding hydrogens is 224 g/mol. The van der Waals surface area contributed by atoms with Crippen molar-refractivity contribution >= 4 is 17.5 Å². The van der Waals surface area contributed by atoms with Gasteiger partial charge in [-0.25, -0.2) is 9.97 Å². The number of nitrogens with one attached hydrogen (secondary N) is 1. The van der Waals surface area contributed by atoms with Gasteiger partial charge in [-0.1, -0.05) is 24.4 Å². The quantitative estimate of drug-likeness (QED) is 0.849. The van der Waals surface area contributed by atoms with Gasteiger partial charge in [-0.3, -0.25) is 0 Å². The molecule has 2 unspecified atom stereocenters. The highest BCUT2D eigenvalue weighted by Crippen LogP contribution is 2.22. The van der Waals surface area contributed by atoms with Crippen molar-refractivity contribution in [2.45, 2.75) is 31.7 Å².